The Hall–Kier alpha value is -1.85. The zero-order chi connectivity index (χ0) is 16.9. The van der Waals surface area contributed by atoms with Gasteiger partial charge in [0.1, 0.15) is 0 Å². The SMILES string of the molecule is Cc1cccc(N2CCN(CC(=O)NC(C)c3cccs3)CC2)c1. The second-order valence-electron chi connectivity index (χ2n) is 6.41. The lowest BCUT2D eigenvalue weighted by atomic mass is 10.2. The zero-order valence-electron chi connectivity index (χ0n) is 14.4. The molecule has 1 fully saturated rings. The Morgan fingerprint density at radius 3 is 2.67 bits per heavy atom. The third kappa shape index (κ3) is 4.36. The number of carbonyl (C=O) groups excluding carboxylic acids is 1. The van der Waals surface area contributed by atoms with Crippen LogP contribution in [0.15, 0.2) is 41.8 Å². The van der Waals surface area contributed by atoms with Gasteiger partial charge in [-0.3, -0.25) is 9.69 Å². The molecule has 1 aromatic heterocycles. The maximum Gasteiger partial charge on any atom is 0.234 e. The molecule has 4 nitrogen and oxygen atoms in total. The van der Waals surface area contributed by atoms with Crippen LogP contribution in [0, 0.1) is 6.92 Å². The normalized spacial score (nSPS) is 16.8. The first kappa shape index (κ1) is 17.0. The molecule has 1 amide bonds. The Labute approximate surface area is 148 Å². The summed E-state index contributed by atoms with van der Waals surface area (Å²) >= 11 is 1.68. The Bertz CT molecular complexity index is 663. The van der Waals surface area contributed by atoms with Crippen LogP contribution in [0.3, 0.4) is 0 Å². The van der Waals surface area contributed by atoms with Crippen LogP contribution in [0.25, 0.3) is 0 Å². The van der Waals surface area contributed by atoms with Crippen molar-refractivity contribution in [3.63, 3.8) is 0 Å². The number of carbonyl (C=O) groups is 1. The van der Waals surface area contributed by atoms with Crippen LogP contribution in [-0.4, -0.2) is 43.5 Å². The number of anilines is 1. The minimum absolute atomic E-state index is 0.0890. The number of nitrogens with zero attached hydrogens (tertiary/aromatic N) is 2. The fourth-order valence-electron chi connectivity index (χ4n) is 3.09. The van der Waals surface area contributed by atoms with Crippen LogP contribution in [0.4, 0.5) is 5.69 Å². The predicted molar refractivity (Wildman–Crippen MR) is 101 cm³/mol. The molecule has 1 atom stereocenters. The molecule has 2 heterocycles. The number of amides is 1. The molecule has 1 aliphatic heterocycles. The summed E-state index contributed by atoms with van der Waals surface area (Å²) in [6.45, 7) is 8.44. The molecular formula is C19H25N3OS. The molecule has 0 radical (unpaired) electrons. The summed E-state index contributed by atoms with van der Waals surface area (Å²) in [6, 6.07) is 12.8. The second-order valence-corrected chi connectivity index (χ2v) is 7.39. The van der Waals surface area contributed by atoms with Gasteiger partial charge in [0.2, 0.25) is 5.91 Å². The summed E-state index contributed by atoms with van der Waals surface area (Å²) in [5, 5.41) is 5.14. The van der Waals surface area contributed by atoms with Gasteiger partial charge >= 0.3 is 0 Å². The van der Waals surface area contributed by atoms with E-state index in [-0.39, 0.29) is 11.9 Å². The van der Waals surface area contributed by atoms with Gasteiger partial charge < -0.3 is 10.2 Å². The molecule has 0 aliphatic carbocycles. The van der Waals surface area contributed by atoms with Gasteiger partial charge in [-0.2, -0.15) is 0 Å². The molecule has 128 valence electrons. The van der Waals surface area contributed by atoms with Gasteiger partial charge in [0.05, 0.1) is 12.6 Å². The maximum atomic E-state index is 12.3. The van der Waals surface area contributed by atoms with Crippen LogP contribution in [0.2, 0.25) is 0 Å². The van der Waals surface area contributed by atoms with E-state index in [0.29, 0.717) is 6.54 Å². The van der Waals surface area contributed by atoms with Crippen molar-refractivity contribution < 1.29 is 4.79 Å². The highest BCUT2D eigenvalue weighted by atomic mass is 32.1. The number of aryl methyl sites for hydroxylation is 1. The lowest BCUT2D eigenvalue weighted by Gasteiger charge is -2.36. The third-order valence-corrected chi connectivity index (χ3v) is 5.51. The Kier molecular flexibility index (Phi) is 5.53. The van der Waals surface area contributed by atoms with Gasteiger partial charge in [0.25, 0.3) is 0 Å². The fourth-order valence-corrected chi connectivity index (χ4v) is 3.82. The molecule has 2 aromatic rings. The summed E-state index contributed by atoms with van der Waals surface area (Å²) in [6.07, 6.45) is 0. The Balaban J connectivity index is 1.46. The van der Waals surface area contributed by atoms with Crippen LogP contribution < -0.4 is 10.2 Å². The molecule has 24 heavy (non-hydrogen) atoms. The van der Waals surface area contributed by atoms with Crippen molar-refractivity contribution >= 4 is 22.9 Å². The lowest BCUT2D eigenvalue weighted by molar-refractivity contribution is -0.122. The van der Waals surface area contributed by atoms with E-state index in [1.54, 1.807) is 11.3 Å². The molecule has 0 bridgehead atoms. The van der Waals surface area contributed by atoms with E-state index in [0.717, 1.165) is 26.2 Å². The summed E-state index contributed by atoms with van der Waals surface area (Å²) in [5.41, 5.74) is 2.57. The molecule has 1 aliphatic rings. The molecule has 5 heteroatoms. The Morgan fingerprint density at radius 1 is 1.21 bits per heavy atom. The third-order valence-electron chi connectivity index (χ3n) is 4.45. The van der Waals surface area contributed by atoms with E-state index < -0.39 is 0 Å². The van der Waals surface area contributed by atoms with E-state index >= 15 is 0 Å². The first-order chi connectivity index (χ1) is 11.6. The van der Waals surface area contributed by atoms with Crippen LogP contribution >= 0.6 is 11.3 Å². The van der Waals surface area contributed by atoms with E-state index in [1.807, 2.05) is 18.4 Å². The average molecular weight is 343 g/mol. The molecule has 1 unspecified atom stereocenters. The Morgan fingerprint density at radius 2 is 2.00 bits per heavy atom. The van der Waals surface area contributed by atoms with Crippen molar-refractivity contribution in [2.45, 2.75) is 19.9 Å². The molecule has 1 aromatic carbocycles. The molecule has 0 spiro atoms. The van der Waals surface area contributed by atoms with Crippen molar-refractivity contribution in [3.8, 4) is 0 Å². The molecule has 1 N–H and O–H groups in total. The number of piperazine rings is 1. The summed E-state index contributed by atoms with van der Waals surface area (Å²) in [7, 11) is 0. The number of nitrogens with one attached hydrogen (secondary N) is 1. The number of rotatable bonds is 5. The van der Waals surface area contributed by atoms with Gasteiger partial charge in [0.15, 0.2) is 0 Å². The van der Waals surface area contributed by atoms with Crippen LogP contribution in [0.1, 0.15) is 23.4 Å². The largest absolute Gasteiger partial charge is 0.369 e. The number of benzene rings is 1. The quantitative estimate of drug-likeness (QED) is 0.906. The highest BCUT2D eigenvalue weighted by Crippen LogP contribution is 2.19. The predicted octanol–water partition coefficient (Wildman–Crippen LogP) is 3.06. The minimum Gasteiger partial charge on any atom is -0.369 e. The number of hydrogen-bond donors (Lipinski definition) is 1. The smallest absolute Gasteiger partial charge is 0.234 e. The van der Waals surface area contributed by atoms with Crippen molar-refractivity contribution in [1.29, 1.82) is 0 Å². The number of hydrogen-bond acceptors (Lipinski definition) is 4. The van der Waals surface area contributed by atoms with Crippen LogP contribution in [0.5, 0.6) is 0 Å². The highest BCUT2D eigenvalue weighted by molar-refractivity contribution is 7.10. The van der Waals surface area contributed by atoms with Gasteiger partial charge in [-0.15, -0.1) is 11.3 Å². The topological polar surface area (TPSA) is 35.6 Å². The standard InChI is InChI=1S/C19H25N3OS/c1-15-5-3-6-17(13-15)22-10-8-21(9-11-22)14-19(23)20-16(2)18-7-4-12-24-18/h3-7,12-13,16H,8-11,14H2,1-2H3,(H,20,23). The van der Waals surface area contributed by atoms with E-state index in [1.165, 1.54) is 16.1 Å². The summed E-state index contributed by atoms with van der Waals surface area (Å²) in [5.74, 6) is 0.111. The van der Waals surface area contributed by atoms with Gasteiger partial charge in [-0.25, -0.2) is 0 Å². The summed E-state index contributed by atoms with van der Waals surface area (Å²) < 4.78 is 0. The first-order valence-corrected chi connectivity index (χ1v) is 9.36. The molecular weight excluding hydrogens is 318 g/mol. The zero-order valence-corrected chi connectivity index (χ0v) is 15.2. The first-order valence-electron chi connectivity index (χ1n) is 8.48. The maximum absolute atomic E-state index is 12.3. The summed E-state index contributed by atoms with van der Waals surface area (Å²) in [4.78, 5) is 18.1. The average Bonchev–Trinajstić information content (AvgIpc) is 3.10. The second kappa shape index (κ2) is 7.81. The van der Waals surface area contributed by atoms with Gasteiger partial charge in [-0.1, -0.05) is 18.2 Å². The monoisotopic (exact) mass is 343 g/mol. The molecule has 1 saturated heterocycles. The van der Waals surface area contributed by atoms with Crippen molar-refractivity contribution in [3.05, 3.63) is 52.2 Å². The van der Waals surface area contributed by atoms with E-state index in [9.17, 15) is 4.79 Å². The van der Waals surface area contributed by atoms with Crippen LogP contribution in [-0.2, 0) is 4.79 Å². The minimum atomic E-state index is 0.0890. The molecule has 0 saturated carbocycles. The number of thiophene rings is 1. The van der Waals surface area contributed by atoms with Gasteiger partial charge in [-0.05, 0) is 43.0 Å². The fraction of sp³-hybridized carbons (Fsp3) is 0.421. The lowest BCUT2D eigenvalue weighted by Crippen LogP contribution is -2.49. The van der Waals surface area contributed by atoms with Crippen molar-refractivity contribution in [2.24, 2.45) is 0 Å². The van der Waals surface area contributed by atoms with E-state index in [4.69, 9.17) is 0 Å². The van der Waals surface area contributed by atoms with E-state index in [2.05, 4.69) is 52.4 Å². The molecule has 3 rings (SSSR count). The van der Waals surface area contributed by atoms with Gasteiger partial charge in [0, 0.05) is 36.7 Å². The highest BCUT2D eigenvalue weighted by Gasteiger charge is 2.20. The van der Waals surface area contributed by atoms with Crippen molar-refractivity contribution in [1.82, 2.24) is 10.2 Å². The van der Waals surface area contributed by atoms with Crippen molar-refractivity contribution in [2.75, 3.05) is 37.6 Å².